The number of hydrogen-bond donors (Lipinski definition) is 3. The Balaban J connectivity index is 2.13. The molecule has 2 rings (SSSR count). The number of anilines is 1. The van der Waals surface area contributed by atoms with Crippen LogP contribution in [0.4, 0.5) is 5.69 Å². The van der Waals surface area contributed by atoms with Crippen LogP contribution in [0.5, 0.6) is 0 Å². The third-order valence-electron chi connectivity index (χ3n) is 2.45. The van der Waals surface area contributed by atoms with E-state index in [1.807, 2.05) is 12.1 Å². The van der Waals surface area contributed by atoms with Crippen molar-refractivity contribution < 1.29 is 0 Å². The second kappa shape index (κ2) is 4.97. The highest BCUT2D eigenvalue weighted by Gasteiger charge is 2.32. The standard InChI is InChI=1S/C11H11N5S/c12-4-3-8(14)7(6-13)10-16-9-2-1-5-15-11(9)17-10/h1-2,4-5,7,10,12,14,16H,3H2. The van der Waals surface area contributed by atoms with Gasteiger partial charge in [-0.1, -0.05) is 11.8 Å². The highest BCUT2D eigenvalue weighted by atomic mass is 32.2. The van der Waals surface area contributed by atoms with E-state index in [0.29, 0.717) is 0 Å². The number of thioether (sulfide) groups is 1. The lowest BCUT2D eigenvalue weighted by Gasteiger charge is -2.16. The molecule has 0 amide bonds. The Morgan fingerprint density at radius 2 is 2.59 bits per heavy atom. The van der Waals surface area contributed by atoms with Gasteiger partial charge in [0, 0.05) is 24.5 Å². The Morgan fingerprint density at radius 3 is 3.24 bits per heavy atom. The van der Waals surface area contributed by atoms with E-state index in [-0.39, 0.29) is 17.5 Å². The molecule has 1 aromatic heterocycles. The predicted octanol–water partition coefficient (Wildman–Crippen LogP) is 2.12. The number of nitriles is 1. The van der Waals surface area contributed by atoms with E-state index in [9.17, 15) is 0 Å². The zero-order valence-electron chi connectivity index (χ0n) is 8.97. The van der Waals surface area contributed by atoms with Crippen LogP contribution in [0.3, 0.4) is 0 Å². The molecule has 0 aromatic carbocycles. The molecule has 2 atom stereocenters. The molecular formula is C11H11N5S. The molecule has 0 fully saturated rings. The fourth-order valence-electron chi connectivity index (χ4n) is 1.61. The molecule has 17 heavy (non-hydrogen) atoms. The first-order valence-corrected chi connectivity index (χ1v) is 5.98. The average molecular weight is 245 g/mol. The molecule has 0 spiro atoms. The smallest absolute Gasteiger partial charge is 0.121 e. The Hall–Kier alpha value is -1.87. The van der Waals surface area contributed by atoms with Crippen LogP contribution in [-0.2, 0) is 0 Å². The van der Waals surface area contributed by atoms with Crippen molar-refractivity contribution in [1.82, 2.24) is 4.98 Å². The summed E-state index contributed by atoms with van der Waals surface area (Å²) in [7, 11) is 0. The number of hydrogen-bond acceptors (Lipinski definition) is 6. The van der Waals surface area contributed by atoms with Crippen LogP contribution in [-0.4, -0.2) is 22.3 Å². The second-order valence-electron chi connectivity index (χ2n) is 3.58. The highest BCUT2D eigenvalue weighted by Crippen LogP contribution is 2.39. The third kappa shape index (κ3) is 2.29. The Kier molecular flexibility index (Phi) is 3.40. The molecule has 6 heteroatoms. The molecule has 0 radical (unpaired) electrons. The monoisotopic (exact) mass is 245 g/mol. The third-order valence-corrected chi connectivity index (χ3v) is 3.64. The van der Waals surface area contributed by atoms with Gasteiger partial charge in [0.2, 0.25) is 0 Å². The molecular weight excluding hydrogens is 234 g/mol. The van der Waals surface area contributed by atoms with Gasteiger partial charge in [-0.2, -0.15) is 5.26 Å². The molecule has 1 aliphatic rings. The van der Waals surface area contributed by atoms with E-state index >= 15 is 0 Å². The first kappa shape index (κ1) is 11.6. The summed E-state index contributed by atoms with van der Waals surface area (Å²) in [6.45, 7) is 0. The first-order chi connectivity index (χ1) is 8.26. The number of nitrogens with one attached hydrogen (secondary N) is 3. The van der Waals surface area contributed by atoms with E-state index in [1.54, 1.807) is 6.20 Å². The zero-order chi connectivity index (χ0) is 12.3. The zero-order valence-corrected chi connectivity index (χ0v) is 9.79. The minimum atomic E-state index is -0.532. The van der Waals surface area contributed by atoms with Crippen molar-refractivity contribution in [2.45, 2.75) is 16.8 Å². The molecule has 5 nitrogen and oxygen atoms in total. The van der Waals surface area contributed by atoms with Gasteiger partial charge in [-0.25, -0.2) is 4.98 Å². The van der Waals surface area contributed by atoms with Crippen molar-refractivity contribution in [3.05, 3.63) is 18.3 Å². The Bertz CT molecular complexity index is 468. The van der Waals surface area contributed by atoms with Gasteiger partial charge in [-0.3, -0.25) is 0 Å². The SMILES string of the molecule is N#CC(C(=N)CC=N)C1Nc2cccnc2S1. The lowest BCUT2D eigenvalue weighted by molar-refractivity contribution is 0.856. The first-order valence-electron chi connectivity index (χ1n) is 5.10. The maximum Gasteiger partial charge on any atom is 0.121 e. The second-order valence-corrected chi connectivity index (χ2v) is 4.71. The van der Waals surface area contributed by atoms with Crippen molar-refractivity contribution in [3.63, 3.8) is 0 Å². The molecule has 1 aliphatic heterocycles. The van der Waals surface area contributed by atoms with Crippen LogP contribution in [0.2, 0.25) is 0 Å². The maximum absolute atomic E-state index is 9.12. The molecule has 1 aromatic rings. The van der Waals surface area contributed by atoms with E-state index in [2.05, 4.69) is 16.4 Å². The van der Waals surface area contributed by atoms with E-state index < -0.39 is 5.92 Å². The average Bonchev–Trinajstić information content (AvgIpc) is 2.73. The fraction of sp³-hybridized carbons (Fsp3) is 0.273. The minimum absolute atomic E-state index is 0.183. The molecule has 0 saturated carbocycles. The summed E-state index contributed by atoms with van der Waals surface area (Å²) in [5, 5.41) is 27.7. The molecule has 86 valence electrons. The topological polar surface area (TPSA) is 96.4 Å². The molecule has 0 bridgehead atoms. The summed E-state index contributed by atoms with van der Waals surface area (Å²) in [4.78, 5) is 4.21. The Morgan fingerprint density at radius 1 is 1.76 bits per heavy atom. The van der Waals surface area contributed by atoms with Gasteiger partial charge in [0.15, 0.2) is 0 Å². The molecule has 0 aliphatic carbocycles. The highest BCUT2D eigenvalue weighted by molar-refractivity contribution is 8.00. The number of pyridine rings is 1. The largest absolute Gasteiger partial charge is 0.369 e. The van der Waals surface area contributed by atoms with Crippen molar-refractivity contribution in [1.29, 1.82) is 16.1 Å². The van der Waals surface area contributed by atoms with Crippen molar-refractivity contribution in [2.24, 2.45) is 5.92 Å². The van der Waals surface area contributed by atoms with Gasteiger partial charge in [0.25, 0.3) is 0 Å². The summed E-state index contributed by atoms with van der Waals surface area (Å²) < 4.78 is 0. The molecule has 2 unspecified atom stereocenters. The molecule has 0 saturated heterocycles. The van der Waals surface area contributed by atoms with E-state index in [4.69, 9.17) is 16.1 Å². The van der Waals surface area contributed by atoms with Crippen molar-refractivity contribution in [3.8, 4) is 6.07 Å². The summed E-state index contributed by atoms with van der Waals surface area (Å²) in [6, 6.07) is 5.86. The lowest BCUT2D eigenvalue weighted by atomic mass is 10.0. The van der Waals surface area contributed by atoms with Crippen LogP contribution in [0.25, 0.3) is 0 Å². The number of fused-ring (bicyclic) bond motifs is 1. The van der Waals surface area contributed by atoms with Crippen LogP contribution < -0.4 is 5.32 Å². The fourth-order valence-corrected chi connectivity index (χ4v) is 2.78. The number of rotatable bonds is 4. The van der Waals surface area contributed by atoms with E-state index in [0.717, 1.165) is 16.9 Å². The summed E-state index contributed by atoms with van der Waals surface area (Å²) in [6.07, 6.45) is 3.08. The van der Waals surface area contributed by atoms with Gasteiger partial charge < -0.3 is 16.1 Å². The maximum atomic E-state index is 9.12. The normalized spacial score (nSPS) is 18.6. The van der Waals surface area contributed by atoms with Gasteiger partial charge in [-0.05, 0) is 12.1 Å². The minimum Gasteiger partial charge on any atom is -0.369 e. The molecule has 2 heterocycles. The van der Waals surface area contributed by atoms with Crippen LogP contribution >= 0.6 is 11.8 Å². The summed E-state index contributed by atoms with van der Waals surface area (Å²) in [5.41, 5.74) is 1.17. The van der Waals surface area contributed by atoms with E-state index in [1.165, 1.54) is 11.8 Å². The molecule has 3 N–H and O–H groups in total. The Labute approximate surface area is 103 Å². The van der Waals surface area contributed by atoms with Crippen molar-refractivity contribution in [2.75, 3.05) is 5.32 Å². The summed E-state index contributed by atoms with van der Waals surface area (Å²) in [5.74, 6) is -0.532. The van der Waals surface area contributed by atoms with Gasteiger partial charge in [0.1, 0.15) is 10.9 Å². The number of aromatic nitrogens is 1. The van der Waals surface area contributed by atoms with Gasteiger partial charge in [-0.15, -0.1) is 0 Å². The summed E-state index contributed by atoms with van der Waals surface area (Å²) >= 11 is 1.46. The van der Waals surface area contributed by atoms with Gasteiger partial charge >= 0.3 is 0 Å². The lowest BCUT2D eigenvalue weighted by Crippen LogP contribution is -2.28. The van der Waals surface area contributed by atoms with Crippen LogP contribution in [0.15, 0.2) is 23.4 Å². The van der Waals surface area contributed by atoms with Crippen LogP contribution in [0, 0.1) is 28.1 Å². The number of nitrogens with zero attached hydrogens (tertiary/aromatic N) is 2. The van der Waals surface area contributed by atoms with Gasteiger partial charge in [0.05, 0.1) is 17.1 Å². The quantitative estimate of drug-likeness (QED) is 0.708. The van der Waals surface area contributed by atoms with Crippen LogP contribution in [0.1, 0.15) is 6.42 Å². The predicted molar refractivity (Wildman–Crippen MR) is 67.7 cm³/mol. The van der Waals surface area contributed by atoms with Crippen molar-refractivity contribution >= 4 is 29.4 Å².